The number of benzene rings is 1. The molecular formula is C36H58O5. The molecule has 0 saturated heterocycles. The van der Waals surface area contributed by atoms with Gasteiger partial charge in [-0.2, -0.15) is 0 Å². The van der Waals surface area contributed by atoms with Gasteiger partial charge in [0.15, 0.2) is 5.79 Å². The van der Waals surface area contributed by atoms with Crippen molar-refractivity contribution in [3.8, 4) is 11.5 Å². The summed E-state index contributed by atoms with van der Waals surface area (Å²) >= 11 is 0. The van der Waals surface area contributed by atoms with Crippen LogP contribution in [0.3, 0.4) is 0 Å². The number of unbranched alkanes of at least 4 members (excludes halogenated alkanes) is 2. The van der Waals surface area contributed by atoms with Crippen molar-refractivity contribution < 1.29 is 23.7 Å². The number of hydrogen-bond acceptors (Lipinski definition) is 5. The largest absolute Gasteiger partial charge is 0.464 e. The van der Waals surface area contributed by atoms with Crippen molar-refractivity contribution in [3.63, 3.8) is 0 Å². The van der Waals surface area contributed by atoms with Crippen molar-refractivity contribution in [1.29, 1.82) is 0 Å². The molecule has 2 aliphatic rings. The molecule has 5 heteroatoms. The maximum absolute atomic E-state index is 6.86. The highest BCUT2D eigenvalue weighted by molar-refractivity contribution is 5.50. The molecule has 5 nitrogen and oxygen atoms in total. The van der Waals surface area contributed by atoms with Gasteiger partial charge in [-0.1, -0.05) is 50.0 Å². The molecule has 0 N–H and O–H groups in total. The van der Waals surface area contributed by atoms with Gasteiger partial charge in [-0.15, -0.1) is 0 Å². The minimum absolute atomic E-state index is 0.392. The first-order valence-corrected chi connectivity index (χ1v) is 16.4. The van der Waals surface area contributed by atoms with Crippen LogP contribution in [0.5, 0.6) is 11.5 Å². The molecule has 0 bridgehead atoms. The van der Waals surface area contributed by atoms with E-state index in [0.29, 0.717) is 0 Å². The average Bonchev–Trinajstić information content (AvgIpc) is 3.63. The fraction of sp³-hybridized carbons (Fsp3) is 0.722. The third-order valence-electron chi connectivity index (χ3n) is 8.75. The Labute approximate surface area is 251 Å². The van der Waals surface area contributed by atoms with Gasteiger partial charge >= 0.3 is 0 Å². The van der Waals surface area contributed by atoms with E-state index in [1.807, 2.05) is 0 Å². The smallest absolute Gasteiger partial charge is 0.210 e. The fourth-order valence-corrected chi connectivity index (χ4v) is 6.08. The Balaban J connectivity index is 1.99. The molecular weight excluding hydrogens is 512 g/mol. The predicted octanol–water partition coefficient (Wildman–Crippen LogP) is 10.00. The van der Waals surface area contributed by atoms with Gasteiger partial charge in [-0.3, -0.25) is 0 Å². The van der Waals surface area contributed by atoms with E-state index in [9.17, 15) is 0 Å². The first-order valence-electron chi connectivity index (χ1n) is 16.4. The van der Waals surface area contributed by atoms with Crippen LogP contribution in [0.4, 0.5) is 0 Å². The van der Waals surface area contributed by atoms with Gasteiger partial charge in [0, 0.05) is 51.9 Å². The van der Waals surface area contributed by atoms with E-state index in [1.54, 1.807) is 14.2 Å². The van der Waals surface area contributed by atoms with E-state index in [-0.39, 0.29) is 0 Å². The lowest BCUT2D eigenvalue weighted by Crippen LogP contribution is -2.38. The van der Waals surface area contributed by atoms with Crippen LogP contribution in [0.15, 0.2) is 35.4 Å². The molecule has 0 spiro atoms. The van der Waals surface area contributed by atoms with E-state index in [1.165, 1.54) is 29.6 Å². The molecule has 232 valence electrons. The fourth-order valence-electron chi connectivity index (χ4n) is 6.08. The van der Waals surface area contributed by atoms with Crippen LogP contribution in [0.25, 0.3) is 0 Å². The van der Waals surface area contributed by atoms with Crippen molar-refractivity contribution in [2.24, 2.45) is 0 Å². The summed E-state index contributed by atoms with van der Waals surface area (Å²) in [6, 6.07) is 4.48. The molecule has 0 aliphatic heterocycles. The maximum Gasteiger partial charge on any atom is 0.210 e. The maximum atomic E-state index is 6.86. The number of hydrogen-bond donors (Lipinski definition) is 0. The van der Waals surface area contributed by atoms with Crippen molar-refractivity contribution in [3.05, 3.63) is 46.6 Å². The quantitative estimate of drug-likeness (QED) is 0.0998. The highest BCUT2D eigenvalue weighted by Crippen LogP contribution is 2.41. The summed E-state index contributed by atoms with van der Waals surface area (Å²) in [6.45, 7) is 10.9. The zero-order valence-corrected chi connectivity index (χ0v) is 27.2. The summed E-state index contributed by atoms with van der Waals surface area (Å²) in [5.74, 6) is 0.636. The number of rotatable bonds is 18. The lowest BCUT2D eigenvalue weighted by atomic mass is 9.99. The van der Waals surface area contributed by atoms with Crippen LogP contribution in [-0.4, -0.2) is 32.1 Å². The van der Waals surface area contributed by atoms with E-state index >= 15 is 0 Å². The zero-order valence-electron chi connectivity index (χ0n) is 27.2. The lowest BCUT2D eigenvalue weighted by Gasteiger charge is -2.33. The Morgan fingerprint density at radius 1 is 0.854 bits per heavy atom. The van der Waals surface area contributed by atoms with Gasteiger partial charge in [-0.25, -0.2) is 0 Å². The number of ether oxygens (including phenoxy) is 5. The van der Waals surface area contributed by atoms with Crippen LogP contribution in [-0.2, 0) is 27.1 Å². The average molecular weight is 571 g/mol. The molecule has 2 aliphatic carbocycles. The summed E-state index contributed by atoms with van der Waals surface area (Å²) < 4.78 is 32.2. The SMILES string of the molecule is CCCCCc1cc(OC(CC)OC2(OC)CCCC2)c(C/C=C(\C)CCC=C(C)C)c(OC2(OC)CCCC2)c1. The second-order valence-electron chi connectivity index (χ2n) is 12.4. The molecule has 3 rings (SSSR count). The minimum Gasteiger partial charge on any atom is -0.464 e. The van der Waals surface area contributed by atoms with Gasteiger partial charge < -0.3 is 23.7 Å². The third kappa shape index (κ3) is 10.1. The molecule has 0 heterocycles. The Hall–Kier alpha value is -1.82. The Bertz CT molecular complexity index is 978. The molecule has 0 aromatic heterocycles. The van der Waals surface area contributed by atoms with Gasteiger partial charge in [0.25, 0.3) is 0 Å². The molecule has 2 saturated carbocycles. The lowest BCUT2D eigenvalue weighted by molar-refractivity contribution is -0.279. The van der Waals surface area contributed by atoms with Crippen molar-refractivity contribution in [2.75, 3.05) is 14.2 Å². The van der Waals surface area contributed by atoms with E-state index < -0.39 is 17.9 Å². The topological polar surface area (TPSA) is 46.2 Å². The molecule has 1 aromatic carbocycles. The van der Waals surface area contributed by atoms with Gasteiger partial charge in [0.1, 0.15) is 11.5 Å². The van der Waals surface area contributed by atoms with Crippen molar-refractivity contribution in [2.45, 2.75) is 155 Å². The summed E-state index contributed by atoms with van der Waals surface area (Å²) in [6.07, 6.45) is 20.5. The predicted molar refractivity (Wildman–Crippen MR) is 169 cm³/mol. The van der Waals surface area contributed by atoms with Gasteiger partial charge in [-0.05, 0) is 96.3 Å². The van der Waals surface area contributed by atoms with Crippen LogP contribution in [0.1, 0.15) is 136 Å². The Kier molecular flexibility index (Phi) is 13.7. The molecule has 1 unspecified atom stereocenters. The van der Waals surface area contributed by atoms with E-state index in [2.05, 4.69) is 58.9 Å². The van der Waals surface area contributed by atoms with E-state index in [0.717, 1.165) is 107 Å². The summed E-state index contributed by atoms with van der Waals surface area (Å²) in [5.41, 5.74) is 5.07. The monoisotopic (exact) mass is 570 g/mol. The standard InChI is InChI=1S/C36H58O5/c1-8-10-11-19-30-26-32(39-34(9-2)41-36(38-7)24-14-15-25-36)31(21-20-29(5)18-16-17-28(3)4)33(27-30)40-35(37-6)22-12-13-23-35/h17,20,26-27,34H,8-16,18-19,21-25H2,1-7H3/b29-20+. The summed E-state index contributed by atoms with van der Waals surface area (Å²) in [4.78, 5) is 0. The third-order valence-corrected chi connectivity index (χ3v) is 8.75. The molecule has 0 radical (unpaired) electrons. The highest BCUT2D eigenvalue weighted by Gasteiger charge is 2.39. The first kappa shape index (κ1) is 33.7. The van der Waals surface area contributed by atoms with Crippen molar-refractivity contribution in [1.82, 2.24) is 0 Å². The second kappa shape index (κ2) is 16.7. The number of aryl methyl sites for hydroxylation is 1. The Morgan fingerprint density at radius 2 is 1.49 bits per heavy atom. The number of methoxy groups -OCH3 is 2. The van der Waals surface area contributed by atoms with Gasteiger partial charge in [0.2, 0.25) is 12.1 Å². The van der Waals surface area contributed by atoms with E-state index in [4.69, 9.17) is 23.7 Å². The van der Waals surface area contributed by atoms with Gasteiger partial charge in [0.05, 0.1) is 0 Å². The first-order chi connectivity index (χ1) is 19.8. The highest BCUT2D eigenvalue weighted by atomic mass is 16.8. The van der Waals surface area contributed by atoms with Crippen LogP contribution < -0.4 is 9.47 Å². The molecule has 0 amide bonds. The molecule has 41 heavy (non-hydrogen) atoms. The Morgan fingerprint density at radius 3 is 2.07 bits per heavy atom. The molecule has 2 fully saturated rings. The zero-order chi connectivity index (χ0) is 29.7. The number of allylic oxidation sites excluding steroid dienone is 4. The minimum atomic E-state index is -0.569. The van der Waals surface area contributed by atoms with Crippen LogP contribution in [0, 0.1) is 0 Å². The molecule has 1 aromatic rings. The normalized spacial score (nSPS) is 18.9. The summed E-state index contributed by atoms with van der Waals surface area (Å²) in [7, 11) is 3.55. The van der Waals surface area contributed by atoms with Crippen LogP contribution >= 0.6 is 0 Å². The van der Waals surface area contributed by atoms with Crippen LogP contribution in [0.2, 0.25) is 0 Å². The summed E-state index contributed by atoms with van der Waals surface area (Å²) in [5, 5.41) is 0. The molecule has 1 atom stereocenters. The second-order valence-corrected chi connectivity index (χ2v) is 12.4. The van der Waals surface area contributed by atoms with Crippen molar-refractivity contribution >= 4 is 0 Å².